The van der Waals surface area contributed by atoms with Crippen molar-refractivity contribution in [1.82, 2.24) is 15.0 Å². The lowest BCUT2D eigenvalue weighted by Gasteiger charge is -2.26. The van der Waals surface area contributed by atoms with Crippen LogP contribution in [0.25, 0.3) is 0 Å². The van der Waals surface area contributed by atoms with E-state index in [4.69, 9.17) is 0 Å². The van der Waals surface area contributed by atoms with Crippen LogP contribution in [-0.2, 0) is 6.18 Å². The third-order valence-corrected chi connectivity index (χ3v) is 3.99. The van der Waals surface area contributed by atoms with Crippen LogP contribution in [-0.4, -0.2) is 35.6 Å². The summed E-state index contributed by atoms with van der Waals surface area (Å²) in [5, 5.41) is 0. The number of nitrogens with zero attached hydrogens (tertiary/aromatic N) is 5. The van der Waals surface area contributed by atoms with E-state index < -0.39 is 11.9 Å². The zero-order valence-corrected chi connectivity index (χ0v) is 13.5. The summed E-state index contributed by atoms with van der Waals surface area (Å²) in [6.45, 7) is 0.607. The standard InChI is InChI=1S/C16H18F3N5/c1-23(2)14-10-13(16(17,18)19)21-15(22-14)24-9-5-7-12(24)11-6-3-4-8-20-11/h3-4,6,8,10,12H,5,7,9H2,1-2H3/t12-/m0/s1. The van der Waals surface area contributed by atoms with E-state index in [0.717, 1.165) is 24.6 Å². The maximum Gasteiger partial charge on any atom is 0.433 e. The van der Waals surface area contributed by atoms with Crippen LogP contribution in [0.4, 0.5) is 24.9 Å². The summed E-state index contributed by atoms with van der Waals surface area (Å²) in [5.74, 6) is 0.334. The van der Waals surface area contributed by atoms with Crippen molar-refractivity contribution in [1.29, 1.82) is 0 Å². The van der Waals surface area contributed by atoms with Gasteiger partial charge in [0.15, 0.2) is 5.69 Å². The Hall–Kier alpha value is -2.38. The van der Waals surface area contributed by atoms with Crippen LogP contribution in [0.1, 0.15) is 30.3 Å². The van der Waals surface area contributed by atoms with Crippen molar-refractivity contribution in [3.8, 4) is 0 Å². The zero-order chi connectivity index (χ0) is 17.3. The Morgan fingerprint density at radius 2 is 2.00 bits per heavy atom. The van der Waals surface area contributed by atoms with Crippen molar-refractivity contribution in [2.75, 3.05) is 30.4 Å². The van der Waals surface area contributed by atoms with Gasteiger partial charge in [0, 0.05) is 32.9 Å². The van der Waals surface area contributed by atoms with Gasteiger partial charge in [-0.15, -0.1) is 0 Å². The lowest BCUT2D eigenvalue weighted by Crippen LogP contribution is -2.27. The zero-order valence-electron chi connectivity index (χ0n) is 13.5. The van der Waals surface area contributed by atoms with Gasteiger partial charge in [-0.25, -0.2) is 4.98 Å². The third kappa shape index (κ3) is 3.27. The van der Waals surface area contributed by atoms with E-state index in [0.29, 0.717) is 6.54 Å². The van der Waals surface area contributed by atoms with Crippen molar-refractivity contribution in [3.63, 3.8) is 0 Å². The predicted molar refractivity (Wildman–Crippen MR) is 84.9 cm³/mol. The van der Waals surface area contributed by atoms with E-state index in [1.807, 2.05) is 23.1 Å². The second kappa shape index (κ2) is 6.26. The number of alkyl halides is 3. The minimum Gasteiger partial charge on any atom is -0.363 e. The monoisotopic (exact) mass is 337 g/mol. The van der Waals surface area contributed by atoms with Crippen LogP contribution in [0.3, 0.4) is 0 Å². The fraction of sp³-hybridized carbons (Fsp3) is 0.438. The molecule has 2 aromatic heterocycles. The number of anilines is 2. The number of pyridine rings is 1. The van der Waals surface area contributed by atoms with E-state index >= 15 is 0 Å². The molecule has 8 heteroatoms. The molecule has 1 atom stereocenters. The second-order valence-corrected chi connectivity index (χ2v) is 5.91. The molecule has 0 unspecified atom stereocenters. The van der Waals surface area contributed by atoms with E-state index in [2.05, 4.69) is 15.0 Å². The first-order valence-electron chi connectivity index (χ1n) is 7.67. The van der Waals surface area contributed by atoms with Crippen molar-refractivity contribution in [2.24, 2.45) is 0 Å². The summed E-state index contributed by atoms with van der Waals surface area (Å²) in [6.07, 6.45) is -1.15. The number of aromatic nitrogens is 3. The first-order valence-corrected chi connectivity index (χ1v) is 7.67. The molecular weight excluding hydrogens is 319 g/mol. The average Bonchev–Trinajstić information content (AvgIpc) is 3.04. The number of halogens is 3. The highest BCUT2D eigenvalue weighted by Crippen LogP contribution is 2.36. The largest absolute Gasteiger partial charge is 0.433 e. The molecule has 24 heavy (non-hydrogen) atoms. The molecule has 3 heterocycles. The molecule has 0 spiro atoms. The SMILES string of the molecule is CN(C)c1cc(C(F)(F)F)nc(N2CCC[C@H]2c2ccccn2)n1. The average molecular weight is 337 g/mol. The van der Waals surface area contributed by atoms with E-state index in [9.17, 15) is 13.2 Å². The Balaban J connectivity index is 2.02. The molecule has 1 aliphatic heterocycles. The smallest absolute Gasteiger partial charge is 0.363 e. The van der Waals surface area contributed by atoms with Gasteiger partial charge in [0.25, 0.3) is 0 Å². The van der Waals surface area contributed by atoms with Gasteiger partial charge in [-0.2, -0.15) is 18.2 Å². The Kier molecular flexibility index (Phi) is 4.29. The Bertz CT molecular complexity index is 703. The first-order chi connectivity index (χ1) is 11.4. The molecule has 5 nitrogen and oxygen atoms in total. The number of hydrogen-bond donors (Lipinski definition) is 0. The number of hydrogen-bond acceptors (Lipinski definition) is 5. The van der Waals surface area contributed by atoms with Crippen LogP contribution in [0.5, 0.6) is 0 Å². The summed E-state index contributed by atoms with van der Waals surface area (Å²) in [4.78, 5) is 15.8. The lowest BCUT2D eigenvalue weighted by molar-refractivity contribution is -0.141. The number of rotatable bonds is 3. The molecule has 1 aliphatic rings. The molecule has 0 saturated carbocycles. The topological polar surface area (TPSA) is 45.2 Å². The quantitative estimate of drug-likeness (QED) is 0.860. The third-order valence-electron chi connectivity index (χ3n) is 3.99. The molecule has 1 fully saturated rings. The molecule has 3 rings (SSSR count). The molecule has 0 aliphatic carbocycles. The van der Waals surface area contributed by atoms with Gasteiger partial charge in [0.2, 0.25) is 5.95 Å². The van der Waals surface area contributed by atoms with Crippen LogP contribution in [0.2, 0.25) is 0 Å². The van der Waals surface area contributed by atoms with Gasteiger partial charge < -0.3 is 9.80 Å². The maximum absolute atomic E-state index is 13.2. The molecular formula is C16H18F3N5. The van der Waals surface area contributed by atoms with E-state index in [-0.39, 0.29) is 17.8 Å². The highest BCUT2D eigenvalue weighted by Gasteiger charge is 2.36. The molecule has 0 aromatic carbocycles. The molecule has 0 bridgehead atoms. The summed E-state index contributed by atoms with van der Waals surface area (Å²) in [5.41, 5.74) is -0.106. The molecule has 0 N–H and O–H groups in total. The molecule has 2 aromatic rings. The van der Waals surface area contributed by atoms with Gasteiger partial charge >= 0.3 is 6.18 Å². The molecule has 128 valence electrons. The normalized spacial score (nSPS) is 18.0. The molecule has 0 amide bonds. The predicted octanol–water partition coefficient (Wildman–Crippen LogP) is 3.30. The highest BCUT2D eigenvalue weighted by atomic mass is 19.4. The van der Waals surface area contributed by atoms with Gasteiger partial charge in [-0.05, 0) is 25.0 Å². The summed E-state index contributed by atoms with van der Waals surface area (Å²) >= 11 is 0. The fourth-order valence-corrected chi connectivity index (χ4v) is 2.81. The van der Waals surface area contributed by atoms with Gasteiger partial charge in [-0.3, -0.25) is 4.98 Å². The van der Waals surface area contributed by atoms with Gasteiger partial charge in [-0.1, -0.05) is 6.07 Å². The van der Waals surface area contributed by atoms with Gasteiger partial charge in [0.05, 0.1) is 11.7 Å². The minimum absolute atomic E-state index is 0.0988. The van der Waals surface area contributed by atoms with Crippen LogP contribution in [0.15, 0.2) is 30.5 Å². The Labute approximate surface area is 138 Å². The Morgan fingerprint density at radius 3 is 2.62 bits per heavy atom. The molecule has 0 radical (unpaired) electrons. The summed E-state index contributed by atoms with van der Waals surface area (Å²) in [7, 11) is 3.32. The van der Waals surface area contributed by atoms with Crippen molar-refractivity contribution in [3.05, 3.63) is 41.9 Å². The molecule has 1 saturated heterocycles. The second-order valence-electron chi connectivity index (χ2n) is 5.91. The first kappa shape index (κ1) is 16.5. The van der Waals surface area contributed by atoms with Crippen LogP contribution in [0, 0.1) is 0 Å². The van der Waals surface area contributed by atoms with Crippen molar-refractivity contribution in [2.45, 2.75) is 25.1 Å². The Morgan fingerprint density at radius 1 is 1.21 bits per heavy atom. The lowest BCUT2D eigenvalue weighted by atomic mass is 10.1. The summed E-state index contributed by atoms with van der Waals surface area (Å²) in [6, 6.07) is 6.42. The van der Waals surface area contributed by atoms with Crippen molar-refractivity contribution < 1.29 is 13.2 Å². The highest BCUT2D eigenvalue weighted by molar-refractivity contribution is 5.47. The van der Waals surface area contributed by atoms with Crippen molar-refractivity contribution >= 4 is 11.8 Å². The minimum atomic E-state index is -4.51. The van der Waals surface area contributed by atoms with Gasteiger partial charge in [0.1, 0.15) is 5.82 Å². The summed E-state index contributed by atoms with van der Waals surface area (Å²) < 4.78 is 39.5. The van der Waals surface area contributed by atoms with E-state index in [1.165, 1.54) is 0 Å². The van der Waals surface area contributed by atoms with Crippen LogP contribution < -0.4 is 9.80 Å². The maximum atomic E-state index is 13.2. The van der Waals surface area contributed by atoms with E-state index in [1.54, 1.807) is 25.2 Å². The fourth-order valence-electron chi connectivity index (χ4n) is 2.81. The van der Waals surface area contributed by atoms with Crippen LogP contribution >= 0.6 is 0 Å².